The predicted molar refractivity (Wildman–Crippen MR) is 95.0 cm³/mol. The van der Waals surface area contributed by atoms with Crippen molar-refractivity contribution in [3.05, 3.63) is 47.8 Å². The molecule has 0 unspecified atom stereocenters. The zero-order valence-electron chi connectivity index (χ0n) is 15.0. The van der Waals surface area contributed by atoms with Crippen LogP contribution < -0.4 is 0 Å². The summed E-state index contributed by atoms with van der Waals surface area (Å²) >= 11 is 0. The molecule has 0 spiro atoms. The Morgan fingerprint density at radius 1 is 1.11 bits per heavy atom. The van der Waals surface area contributed by atoms with Crippen molar-refractivity contribution < 1.29 is 26.3 Å². The average Bonchev–Trinajstić information content (AvgIpc) is 3.10. The van der Waals surface area contributed by atoms with Gasteiger partial charge in [0.15, 0.2) is 9.84 Å². The van der Waals surface area contributed by atoms with E-state index in [0.717, 1.165) is 12.1 Å². The lowest BCUT2D eigenvalue weighted by Crippen LogP contribution is -2.23. The number of benzene rings is 1. The summed E-state index contributed by atoms with van der Waals surface area (Å²) in [7, 11) is -2.64. The molecular formula is C19H20F3NO3S. The second-order valence-corrected chi connectivity index (χ2v) is 8.93. The van der Waals surface area contributed by atoms with Crippen molar-refractivity contribution in [3.8, 4) is 11.1 Å². The van der Waals surface area contributed by atoms with Gasteiger partial charge in [0.25, 0.3) is 0 Å². The number of alkyl halides is 3. The molecule has 2 aromatic rings. The van der Waals surface area contributed by atoms with E-state index in [1.165, 1.54) is 19.4 Å². The van der Waals surface area contributed by atoms with Crippen LogP contribution in [-0.2, 0) is 20.8 Å². The lowest BCUT2D eigenvalue weighted by molar-refractivity contribution is -0.139. The van der Waals surface area contributed by atoms with E-state index in [1.54, 1.807) is 19.1 Å². The second-order valence-electron chi connectivity index (χ2n) is 6.73. The molecule has 1 aliphatic rings. The normalized spacial score (nSPS) is 20.8. The molecule has 146 valence electrons. The predicted octanol–water partition coefficient (Wildman–Crippen LogP) is 4.42. The van der Waals surface area contributed by atoms with Crippen molar-refractivity contribution >= 4 is 9.84 Å². The van der Waals surface area contributed by atoms with Gasteiger partial charge < -0.3 is 4.74 Å². The summed E-state index contributed by atoms with van der Waals surface area (Å²) in [6, 6.07) is 6.65. The monoisotopic (exact) mass is 399 g/mol. The van der Waals surface area contributed by atoms with E-state index in [-0.39, 0.29) is 12.5 Å². The van der Waals surface area contributed by atoms with Crippen molar-refractivity contribution in [1.82, 2.24) is 4.98 Å². The summed E-state index contributed by atoms with van der Waals surface area (Å²) in [6.45, 7) is 1.74. The molecule has 8 heteroatoms. The second kappa shape index (κ2) is 7.24. The highest BCUT2D eigenvalue weighted by molar-refractivity contribution is 7.92. The van der Waals surface area contributed by atoms with Crippen LogP contribution in [0.25, 0.3) is 11.1 Å². The first kappa shape index (κ1) is 19.8. The molecule has 0 aliphatic heterocycles. The van der Waals surface area contributed by atoms with E-state index in [9.17, 15) is 21.6 Å². The standard InChI is InChI=1S/C19H20F3NO3S/c1-12-9-14(7-8-23-12)13-3-6-18(17(10-13)19(20,21)22)27(24,25)16-5-4-15(11-16)26-2/h3,6-10,15-16H,4-5,11H2,1-2H3/t15-,16-/m0/s1. The van der Waals surface area contributed by atoms with Crippen molar-refractivity contribution in [2.75, 3.05) is 7.11 Å². The molecule has 1 heterocycles. The van der Waals surface area contributed by atoms with Gasteiger partial charge in [-0.25, -0.2) is 8.42 Å². The fourth-order valence-electron chi connectivity index (χ4n) is 3.48. The number of halogens is 3. The Morgan fingerprint density at radius 3 is 2.41 bits per heavy atom. The van der Waals surface area contributed by atoms with E-state index in [0.29, 0.717) is 29.7 Å². The molecule has 1 aromatic carbocycles. The van der Waals surface area contributed by atoms with Crippen LogP contribution in [0.5, 0.6) is 0 Å². The van der Waals surface area contributed by atoms with Gasteiger partial charge in [-0.1, -0.05) is 6.07 Å². The molecule has 4 nitrogen and oxygen atoms in total. The molecule has 1 saturated carbocycles. The van der Waals surface area contributed by atoms with Gasteiger partial charge in [0, 0.05) is 19.0 Å². The summed E-state index contributed by atoms with van der Waals surface area (Å²) in [5.41, 5.74) is 0.384. The van der Waals surface area contributed by atoms with E-state index >= 15 is 0 Å². The van der Waals surface area contributed by atoms with Crippen molar-refractivity contribution in [3.63, 3.8) is 0 Å². The molecule has 27 heavy (non-hydrogen) atoms. The molecule has 3 rings (SSSR count). The molecule has 1 aliphatic carbocycles. The SMILES string of the molecule is CO[C@H]1CC[C@H](S(=O)(=O)c2ccc(-c3ccnc(C)c3)cc2C(F)(F)F)C1. The van der Waals surface area contributed by atoms with Crippen molar-refractivity contribution in [1.29, 1.82) is 0 Å². The number of aryl methyl sites for hydroxylation is 1. The molecule has 2 atom stereocenters. The minimum absolute atomic E-state index is 0.210. The van der Waals surface area contributed by atoms with Crippen LogP contribution in [0.3, 0.4) is 0 Å². The maximum atomic E-state index is 13.7. The summed E-state index contributed by atoms with van der Waals surface area (Å²) in [6.07, 6.45) is -2.48. The highest BCUT2D eigenvalue weighted by Gasteiger charge is 2.42. The van der Waals surface area contributed by atoms with Crippen LogP contribution in [-0.4, -0.2) is 31.9 Å². The zero-order valence-corrected chi connectivity index (χ0v) is 15.8. The van der Waals surface area contributed by atoms with Gasteiger partial charge in [-0.15, -0.1) is 0 Å². The molecule has 1 fully saturated rings. The van der Waals surface area contributed by atoms with E-state index in [2.05, 4.69) is 4.98 Å². The van der Waals surface area contributed by atoms with Crippen LogP contribution in [0.4, 0.5) is 13.2 Å². The average molecular weight is 399 g/mol. The van der Waals surface area contributed by atoms with Gasteiger partial charge in [-0.2, -0.15) is 13.2 Å². The summed E-state index contributed by atoms with van der Waals surface area (Å²) in [5.74, 6) is 0. The Balaban J connectivity index is 2.08. The van der Waals surface area contributed by atoms with E-state index in [1.807, 2.05) is 0 Å². The smallest absolute Gasteiger partial charge is 0.381 e. The molecule has 0 amide bonds. The third-order valence-corrected chi connectivity index (χ3v) is 7.20. The lowest BCUT2D eigenvalue weighted by Gasteiger charge is -2.18. The Morgan fingerprint density at radius 2 is 1.81 bits per heavy atom. The van der Waals surface area contributed by atoms with Gasteiger partial charge in [0.1, 0.15) is 0 Å². The van der Waals surface area contributed by atoms with Gasteiger partial charge >= 0.3 is 6.18 Å². The van der Waals surface area contributed by atoms with E-state index in [4.69, 9.17) is 4.74 Å². The quantitative estimate of drug-likeness (QED) is 0.764. The molecule has 0 N–H and O–H groups in total. The number of aromatic nitrogens is 1. The van der Waals surface area contributed by atoms with Gasteiger partial charge in [0.2, 0.25) is 0 Å². The number of sulfone groups is 1. The number of hydrogen-bond donors (Lipinski definition) is 0. The van der Waals surface area contributed by atoms with E-state index < -0.39 is 31.7 Å². The van der Waals surface area contributed by atoms with Crippen LogP contribution in [0.1, 0.15) is 30.5 Å². The van der Waals surface area contributed by atoms with Gasteiger partial charge in [-0.3, -0.25) is 4.98 Å². The summed E-state index contributed by atoms with van der Waals surface area (Å²) < 4.78 is 72.0. The van der Waals surface area contributed by atoms with Crippen molar-refractivity contribution in [2.24, 2.45) is 0 Å². The summed E-state index contributed by atoms with van der Waals surface area (Å²) in [4.78, 5) is 3.37. The minimum Gasteiger partial charge on any atom is -0.381 e. The number of methoxy groups -OCH3 is 1. The maximum Gasteiger partial charge on any atom is 0.417 e. The van der Waals surface area contributed by atoms with Gasteiger partial charge in [0.05, 0.1) is 21.8 Å². The minimum atomic E-state index is -4.78. The first-order valence-electron chi connectivity index (χ1n) is 8.54. The fraction of sp³-hybridized carbons (Fsp3) is 0.421. The first-order valence-corrected chi connectivity index (χ1v) is 10.1. The Hall–Kier alpha value is -1.93. The zero-order chi connectivity index (χ0) is 19.8. The molecule has 1 aromatic heterocycles. The first-order chi connectivity index (χ1) is 12.6. The number of rotatable bonds is 4. The summed E-state index contributed by atoms with van der Waals surface area (Å²) in [5, 5.41) is -0.863. The Bertz CT molecular complexity index is 941. The Kier molecular flexibility index (Phi) is 5.31. The third-order valence-electron chi connectivity index (χ3n) is 4.93. The van der Waals surface area contributed by atoms with Gasteiger partial charge in [-0.05, 0) is 61.6 Å². The van der Waals surface area contributed by atoms with Crippen molar-refractivity contribution in [2.45, 2.75) is 48.6 Å². The van der Waals surface area contributed by atoms with Crippen LogP contribution in [0.2, 0.25) is 0 Å². The third kappa shape index (κ3) is 4.01. The molecule has 0 radical (unpaired) electrons. The number of ether oxygens (including phenoxy) is 1. The fourth-order valence-corrected chi connectivity index (χ4v) is 5.49. The number of pyridine rings is 1. The Labute approximate surface area is 156 Å². The largest absolute Gasteiger partial charge is 0.417 e. The molecular weight excluding hydrogens is 379 g/mol. The highest BCUT2D eigenvalue weighted by Crippen LogP contribution is 2.40. The topological polar surface area (TPSA) is 56.3 Å². The number of nitrogens with zero attached hydrogens (tertiary/aromatic N) is 1. The molecule has 0 bridgehead atoms. The van der Waals surface area contributed by atoms with Crippen LogP contribution in [0.15, 0.2) is 41.4 Å². The lowest BCUT2D eigenvalue weighted by atomic mass is 10.0. The number of hydrogen-bond acceptors (Lipinski definition) is 4. The maximum absolute atomic E-state index is 13.7. The molecule has 0 saturated heterocycles. The van der Waals surface area contributed by atoms with Crippen LogP contribution in [0, 0.1) is 6.92 Å². The highest BCUT2D eigenvalue weighted by atomic mass is 32.2. The van der Waals surface area contributed by atoms with Crippen LogP contribution >= 0.6 is 0 Å².